The van der Waals surface area contributed by atoms with Gasteiger partial charge in [0.25, 0.3) is 0 Å². The molecule has 0 heterocycles. The van der Waals surface area contributed by atoms with Crippen LogP contribution in [0.15, 0.2) is 30.3 Å². The second kappa shape index (κ2) is 9.19. The summed E-state index contributed by atoms with van der Waals surface area (Å²) in [6.45, 7) is -0.0169. The summed E-state index contributed by atoms with van der Waals surface area (Å²) in [6, 6.07) is 7.50. The molecule has 0 fully saturated rings. The van der Waals surface area contributed by atoms with E-state index in [1.807, 2.05) is 0 Å². The number of ketones is 1. The molecule has 1 amide bonds. The van der Waals surface area contributed by atoms with E-state index in [2.05, 4.69) is 5.32 Å². The van der Waals surface area contributed by atoms with E-state index >= 15 is 0 Å². The molecule has 0 bridgehead atoms. The van der Waals surface area contributed by atoms with Crippen LogP contribution in [0.3, 0.4) is 0 Å². The molecule has 0 aliphatic rings. The highest BCUT2D eigenvalue weighted by Gasteiger charge is 2.22. The molecule has 0 aliphatic carbocycles. The quantitative estimate of drug-likeness (QED) is 0.582. The minimum atomic E-state index is -1.33. The summed E-state index contributed by atoms with van der Waals surface area (Å²) in [5.41, 5.74) is 0.742. The van der Waals surface area contributed by atoms with Crippen molar-refractivity contribution in [1.29, 1.82) is 0 Å². The maximum atomic E-state index is 11.6. The van der Waals surface area contributed by atoms with E-state index < -0.39 is 36.3 Å². The van der Waals surface area contributed by atoms with Crippen molar-refractivity contribution >= 4 is 23.8 Å². The van der Waals surface area contributed by atoms with Crippen LogP contribution in [-0.4, -0.2) is 40.1 Å². The van der Waals surface area contributed by atoms with E-state index in [0.717, 1.165) is 5.56 Å². The maximum absolute atomic E-state index is 11.6. The third-order valence-corrected chi connectivity index (χ3v) is 2.86. The molecule has 1 aromatic carbocycles. The number of ether oxygens (including phenoxy) is 1. The van der Waals surface area contributed by atoms with E-state index in [-0.39, 0.29) is 19.4 Å². The monoisotopic (exact) mass is 323 g/mol. The number of carbonyl (C=O) groups excluding carboxylic acids is 2. The molecule has 0 unspecified atom stereocenters. The zero-order valence-corrected chi connectivity index (χ0v) is 12.2. The number of nitrogens with one attached hydrogen (secondary N) is 1. The Morgan fingerprint density at radius 3 is 2.30 bits per heavy atom. The van der Waals surface area contributed by atoms with Gasteiger partial charge in [0.05, 0.1) is 0 Å². The molecule has 1 atom stereocenters. The van der Waals surface area contributed by atoms with Gasteiger partial charge in [-0.15, -0.1) is 0 Å². The summed E-state index contributed by atoms with van der Waals surface area (Å²) in [6.07, 6.45) is -2.07. The van der Waals surface area contributed by atoms with Gasteiger partial charge in [0.2, 0.25) is 0 Å². The van der Waals surface area contributed by atoms with Gasteiger partial charge < -0.3 is 20.3 Å². The van der Waals surface area contributed by atoms with Crippen LogP contribution in [0.2, 0.25) is 0 Å². The predicted octanol–water partition coefficient (Wildman–Crippen LogP) is 1.19. The SMILES string of the molecule is O=C(O)CC(=O)CC[C@H](NC(=O)OCc1ccccc1)C(=O)O. The van der Waals surface area contributed by atoms with E-state index in [0.29, 0.717) is 0 Å². The van der Waals surface area contributed by atoms with Crippen molar-refractivity contribution in [3.63, 3.8) is 0 Å². The molecule has 1 rings (SSSR count). The van der Waals surface area contributed by atoms with Crippen LogP contribution in [0.25, 0.3) is 0 Å². The van der Waals surface area contributed by atoms with E-state index in [1.54, 1.807) is 30.3 Å². The Bertz CT molecular complexity index is 570. The number of benzene rings is 1. The normalized spacial score (nSPS) is 11.3. The average molecular weight is 323 g/mol. The van der Waals surface area contributed by atoms with Gasteiger partial charge in [-0.05, 0) is 12.0 Å². The molecule has 1 aromatic rings. The first kappa shape index (κ1) is 18.1. The van der Waals surface area contributed by atoms with Crippen molar-refractivity contribution < 1.29 is 34.1 Å². The van der Waals surface area contributed by atoms with Crippen LogP contribution in [0.1, 0.15) is 24.8 Å². The molecule has 0 radical (unpaired) electrons. The summed E-state index contributed by atoms with van der Waals surface area (Å²) in [4.78, 5) is 44.2. The fraction of sp³-hybridized carbons (Fsp3) is 0.333. The Morgan fingerprint density at radius 2 is 1.74 bits per heavy atom. The Labute approximate surface area is 132 Å². The van der Waals surface area contributed by atoms with Crippen LogP contribution in [0, 0.1) is 0 Å². The molecular weight excluding hydrogens is 306 g/mol. The third-order valence-electron chi connectivity index (χ3n) is 2.86. The minimum absolute atomic E-state index is 0.0169. The second-order valence-electron chi connectivity index (χ2n) is 4.74. The molecule has 8 heteroatoms. The Hall–Kier alpha value is -2.90. The number of rotatable bonds is 9. The standard InChI is InChI=1S/C15H17NO7/c17-11(8-13(18)19)6-7-12(14(20)21)16-15(22)23-9-10-4-2-1-3-5-10/h1-5,12H,6-9H2,(H,16,22)(H,18,19)(H,20,21)/t12-/m0/s1. The van der Waals surface area contributed by atoms with Gasteiger partial charge in [0, 0.05) is 6.42 Å². The fourth-order valence-corrected chi connectivity index (χ4v) is 1.73. The number of hydrogen-bond donors (Lipinski definition) is 3. The lowest BCUT2D eigenvalue weighted by molar-refractivity contribution is -0.140. The van der Waals surface area contributed by atoms with Gasteiger partial charge in [0.1, 0.15) is 24.9 Å². The molecule has 0 saturated carbocycles. The first-order valence-corrected chi connectivity index (χ1v) is 6.82. The van der Waals surface area contributed by atoms with Crippen LogP contribution in [0.5, 0.6) is 0 Å². The molecule has 23 heavy (non-hydrogen) atoms. The summed E-state index contributed by atoms with van der Waals surface area (Å²) in [5.74, 6) is -3.22. The molecule has 0 saturated heterocycles. The molecule has 124 valence electrons. The average Bonchev–Trinajstić information content (AvgIpc) is 2.49. The first-order chi connectivity index (χ1) is 10.9. The zero-order chi connectivity index (χ0) is 17.2. The van der Waals surface area contributed by atoms with Crippen LogP contribution >= 0.6 is 0 Å². The zero-order valence-electron chi connectivity index (χ0n) is 12.2. The lowest BCUT2D eigenvalue weighted by Crippen LogP contribution is -2.41. The molecule has 0 aliphatic heterocycles. The summed E-state index contributed by atoms with van der Waals surface area (Å²) in [7, 11) is 0. The van der Waals surface area contributed by atoms with Crippen molar-refractivity contribution in [2.45, 2.75) is 31.9 Å². The number of carbonyl (C=O) groups is 4. The molecule has 3 N–H and O–H groups in total. The fourth-order valence-electron chi connectivity index (χ4n) is 1.73. The van der Waals surface area contributed by atoms with Gasteiger partial charge in [-0.25, -0.2) is 9.59 Å². The number of carboxylic acid groups (broad SMARTS) is 2. The van der Waals surface area contributed by atoms with Crippen molar-refractivity contribution in [2.24, 2.45) is 0 Å². The van der Waals surface area contributed by atoms with Gasteiger partial charge in [0.15, 0.2) is 0 Å². The van der Waals surface area contributed by atoms with E-state index in [9.17, 15) is 19.2 Å². The molecular formula is C15H17NO7. The topological polar surface area (TPSA) is 130 Å². The smallest absolute Gasteiger partial charge is 0.408 e. The number of aliphatic carboxylic acids is 2. The highest BCUT2D eigenvalue weighted by atomic mass is 16.5. The highest BCUT2D eigenvalue weighted by Crippen LogP contribution is 2.04. The Morgan fingerprint density at radius 1 is 1.09 bits per heavy atom. The maximum Gasteiger partial charge on any atom is 0.408 e. The van der Waals surface area contributed by atoms with Crippen molar-refractivity contribution in [1.82, 2.24) is 5.32 Å². The number of hydrogen-bond acceptors (Lipinski definition) is 5. The number of Topliss-reactive ketones (excluding diaryl/α,β-unsaturated/α-hetero) is 1. The van der Waals surface area contributed by atoms with E-state index in [1.165, 1.54) is 0 Å². The lowest BCUT2D eigenvalue weighted by atomic mass is 10.1. The van der Waals surface area contributed by atoms with Crippen molar-refractivity contribution in [2.75, 3.05) is 0 Å². The summed E-state index contributed by atoms with van der Waals surface area (Å²) in [5, 5.41) is 19.6. The Balaban J connectivity index is 2.42. The second-order valence-corrected chi connectivity index (χ2v) is 4.74. The minimum Gasteiger partial charge on any atom is -0.481 e. The third kappa shape index (κ3) is 7.60. The predicted molar refractivity (Wildman–Crippen MR) is 77.7 cm³/mol. The molecule has 0 spiro atoms. The largest absolute Gasteiger partial charge is 0.481 e. The number of amides is 1. The molecule has 0 aromatic heterocycles. The van der Waals surface area contributed by atoms with Crippen LogP contribution in [-0.2, 0) is 25.7 Å². The molecule has 8 nitrogen and oxygen atoms in total. The Kier molecular flexibility index (Phi) is 7.25. The summed E-state index contributed by atoms with van der Waals surface area (Å²) < 4.78 is 4.89. The van der Waals surface area contributed by atoms with Gasteiger partial charge in [-0.2, -0.15) is 0 Å². The first-order valence-electron chi connectivity index (χ1n) is 6.82. The van der Waals surface area contributed by atoms with E-state index in [4.69, 9.17) is 14.9 Å². The van der Waals surface area contributed by atoms with Crippen molar-refractivity contribution in [3.05, 3.63) is 35.9 Å². The van der Waals surface area contributed by atoms with Gasteiger partial charge >= 0.3 is 18.0 Å². The van der Waals surface area contributed by atoms with Crippen LogP contribution in [0.4, 0.5) is 4.79 Å². The van der Waals surface area contributed by atoms with Gasteiger partial charge in [-0.1, -0.05) is 30.3 Å². The van der Waals surface area contributed by atoms with Crippen LogP contribution < -0.4 is 5.32 Å². The number of carboxylic acids is 2. The summed E-state index contributed by atoms with van der Waals surface area (Å²) >= 11 is 0. The van der Waals surface area contributed by atoms with Crippen molar-refractivity contribution in [3.8, 4) is 0 Å². The lowest BCUT2D eigenvalue weighted by Gasteiger charge is -2.14. The van der Waals surface area contributed by atoms with Gasteiger partial charge in [-0.3, -0.25) is 9.59 Å². The highest BCUT2D eigenvalue weighted by molar-refractivity contribution is 5.95. The number of alkyl carbamates (subject to hydrolysis) is 1.